The summed E-state index contributed by atoms with van der Waals surface area (Å²) < 4.78 is 0. The predicted octanol–water partition coefficient (Wildman–Crippen LogP) is 5.91. The molecule has 4 bridgehead atoms. The quantitative estimate of drug-likeness (QED) is 0.445. The average Bonchev–Trinajstić information content (AvgIpc) is 3.28. The van der Waals surface area contributed by atoms with E-state index in [0.717, 1.165) is 25.7 Å². The third kappa shape index (κ3) is 4.01. The molecule has 5 heteroatoms. The molecule has 1 unspecified atom stereocenters. The zero-order valence-corrected chi connectivity index (χ0v) is 24.1. The standard InChI is InChI=1S/C31H49NO3S/c1-7-29(4)17-21(14-24(33)18-36-25-15-22-8-9-23(16-25)32(22)6)30(5)19(2)10-12-31(20(3)28(29)35)13-11-26(34)27(30)31/h7,19-23,25,27-28,35H,1,8-18H2,2-6H3/t19-,20+,21-,22-,23+,25?,27+,28+,29-,30+,31+/m1/s1. The fraction of sp³-hybridized carbons (Fsp3) is 0.871. The molecule has 4 nitrogen and oxygen atoms in total. The summed E-state index contributed by atoms with van der Waals surface area (Å²) in [5.41, 5.74) is -0.810. The lowest BCUT2D eigenvalue weighted by atomic mass is 9.41. The van der Waals surface area contributed by atoms with Crippen molar-refractivity contribution in [1.82, 2.24) is 4.90 Å². The number of fused-ring (bicyclic) bond motifs is 2. The molecule has 0 spiro atoms. The molecule has 0 amide bonds. The Morgan fingerprint density at radius 2 is 1.83 bits per heavy atom. The average molecular weight is 516 g/mol. The molecule has 3 aliphatic carbocycles. The highest BCUT2D eigenvalue weighted by Crippen LogP contribution is 2.69. The fourth-order valence-electron chi connectivity index (χ4n) is 9.93. The van der Waals surface area contributed by atoms with E-state index in [1.165, 1.54) is 25.7 Å². The van der Waals surface area contributed by atoms with Crippen LogP contribution in [0, 0.1) is 39.9 Å². The summed E-state index contributed by atoms with van der Waals surface area (Å²) in [7, 11) is 2.27. The minimum absolute atomic E-state index is 0.0391. The number of piperidine rings is 1. The van der Waals surface area contributed by atoms with Crippen molar-refractivity contribution in [1.29, 1.82) is 0 Å². The van der Waals surface area contributed by atoms with Crippen LogP contribution in [0.4, 0.5) is 0 Å². The SMILES string of the molecule is C=C[C@]1(C)C[C@@H](CC(=O)CSC2C[C@H]3CC[C@@H](C2)N3C)[C@]2(C)[C@H](C)CC[C@]3(CCC(=O)[C@H]32)[C@@H](C)[C@@H]1O. The van der Waals surface area contributed by atoms with Gasteiger partial charge in [0.05, 0.1) is 11.9 Å². The number of ketones is 2. The van der Waals surface area contributed by atoms with E-state index in [-0.39, 0.29) is 28.6 Å². The van der Waals surface area contributed by atoms with E-state index in [1.54, 1.807) is 0 Å². The van der Waals surface area contributed by atoms with E-state index in [0.29, 0.717) is 53.4 Å². The van der Waals surface area contributed by atoms with Gasteiger partial charge >= 0.3 is 0 Å². The predicted molar refractivity (Wildman–Crippen MR) is 148 cm³/mol. The summed E-state index contributed by atoms with van der Waals surface area (Å²) in [5.74, 6) is 1.80. The molecule has 5 aliphatic rings. The van der Waals surface area contributed by atoms with Crippen LogP contribution in [0.2, 0.25) is 0 Å². The Hall–Kier alpha value is -0.650. The first-order valence-electron chi connectivity index (χ1n) is 14.7. The Labute approximate surface area is 223 Å². The topological polar surface area (TPSA) is 57.6 Å². The number of aliphatic hydroxyl groups excluding tert-OH is 1. The number of carbonyl (C=O) groups excluding carboxylic acids is 2. The van der Waals surface area contributed by atoms with E-state index >= 15 is 0 Å². The minimum Gasteiger partial charge on any atom is -0.392 e. The van der Waals surface area contributed by atoms with Crippen LogP contribution in [0.25, 0.3) is 0 Å². The number of Topliss-reactive ketones (excluding diaryl/α,β-unsaturated/α-hetero) is 2. The second-order valence-electron chi connectivity index (χ2n) is 14.0. The lowest BCUT2D eigenvalue weighted by Crippen LogP contribution is -2.61. The summed E-state index contributed by atoms with van der Waals surface area (Å²) in [6.07, 6.45) is 11.3. The summed E-state index contributed by atoms with van der Waals surface area (Å²) in [6, 6.07) is 1.39. The maximum Gasteiger partial charge on any atom is 0.143 e. The highest BCUT2D eigenvalue weighted by Gasteiger charge is 2.67. The van der Waals surface area contributed by atoms with Gasteiger partial charge in [0.2, 0.25) is 0 Å². The van der Waals surface area contributed by atoms with Gasteiger partial charge in [0.1, 0.15) is 11.6 Å². The van der Waals surface area contributed by atoms with Gasteiger partial charge in [-0.15, -0.1) is 6.58 Å². The van der Waals surface area contributed by atoms with Crippen LogP contribution in [0.3, 0.4) is 0 Å². The zero-order chi connectivity index (χ0) is 26.0. The van der Waals surface area contributed by atoms with Crippen molar-refractivity contribution in [2.24, 2.45) is 39.9 Å². The number of aliphatic hydroxyl groups is 1. The second-order valence-corrected chi connectivity index (χ2v) is 15.3. The molecule has 0 aromatic rings. The van der Waals surface area contributed by atoms with Crippen LogP contribution in [-0.4, -0.2) is 57.8 Å². The molecule has 0 radical (unpaired) electrons. The molecule has 36 heavy (non-hydrogen) atoms. The molecule has 202 valence electrons. The summed E-state index contributed by atoms with van der Waals surface area (Å²) >= 11 is 1.89. The Morgan fingerprint density at radius 1 is 1.17 bits per heavy atom. The summed E-state index contributed by atoms with van der Waals surface area (Å²) in [5, 5.41) is 12.3. The van der Waals surface area contributed by atoms with Gasteiger partial charge in [-0.2, -0.15) is 11.8 Å². The molecule has 0 aromatic carbocycles. The fourth-order valence-corrected chi connectivity index (χ4v) is 11.2. The van der Waals surface area contributed by atoms with Gasteiger partial charge in [0, 0.05) is 41.5 Å². The van der Waals surface area contributed by atoms with E-state index in [9.17, 15) is 14.7 Å². The van der Waals surface area contributed by atoms with Gasteiger partial charge < -0.3 is 10.0 Å². The lowest BCUT2D eigenvalue weighted by Gasteiger charge is -2.62. The van der Waals surface area contributed by atoms with Crippen molar-refractivity contribution < 1.29 is 14.7 Å². The van der Waals surface area contributed by atoms with Crippen LogP contribution in [0.1, 0.15) is 91.9 Å². The maximum absolute atomic E-state index is 13.6. The van der Waals surface area contributed by atoms with Gasteiger partial charge in [-0.3, -0.25) is 9.59 Å². The Bertz CT molecular complexity index is 892. The third-order valence-corrected chi connectivity index (χ3v) is 13.9. The van der Waals surface area contributed by atoms with Crippen LogP contribution >= 0.6 is 11.8 Å². The summed E-state index contributed by atoms with van der Waals surface area (Å²) in [6.45, 7) is 13.2. The van der Waals surface area contributed by atoms with E-state index in [4.69, 9.17) is 0 Å². The lowest BCUT2D eigenvalue weighted by molar-refractivity contribution is -0.177. The highest BCUT2D eigenvalue weighted by atomic mass is 32.2. The molecule has 2 heterocycles. The Kier molecular flexibility index (Phi) is 7.12. The van der Waals surface area contributed by atoms with Gasteiger partial charge in [-0.25, -0.2) is 0 Å². The maximum atomic E-state index is 13.6. The first-order valence-corrected chi connectivity index (χ1v) is 15.7. The molecule has 2 saturated heterocycles. The zero-order valence-electron chi connectivity index (χ0n) is 23.3. The van der Waals surface area contributed by atoms with Crippen molar-refractivity contribution in [3.63, 3.8) is 0 Å². The largest absolute Gasteiger partial charge is 0.392 e. The van der Waals surface area contributed by atoms with Crippen molar-refractivity contribution in [2.75, 3.05) is 12.8 Å². The first-order chi connectivity index (χ1) is 17.0. The number of nitrogens with zero attached hydrogens (tertiary/aromatic N) is 1. The van der Waals surface area contributed by atoms with Crippen LogP contribution in [-0.2, 0) is 9.59 Å². The van der Waals surface area contributed by atoms with Crippen LogP contribution in [0.15, 0.2) is 12.7 Å². The Balaban J connectivity index is 1.39. The van der Waals surface area contributed by atoms with E-state index in [2.05, 4.69) is 46.2 Å². The van der Waals surface area contributed by atoms with Crippen molar-refractivity contribution in [3.8, 4) is 0 Å². The normalized spacial score (nSPS) is 50.9. The van der Waals surface area contributed by atoms with Gasteiger partial charge in [0.25, 0.3) is 0 Å². The van der Waals surface area contributed by atoms with E-state index < -0.39 is 11.5 Å². The molecule has 5 rings (SSSR count). The van der Waals surface area contributed by atoms with Crippen molar-refractivity contribution >= 4 is 23.3 Å². The number of thioether (sulfide) groups is 1. The molecule has 1 N–H and O–H groups in total. The molecule has 11 atom stereocenters. The third-order valence-electron chi connectivity index (χ3n) is 12.6. The Morgan fingerprint density at radius 3 is 2.47 bits per heavy atom. The van der Waals surface area contributed by atoms with Crippen molar-refractivity contribution in [3.05, 3.63) is 12.7 Å². The molecule has 3 saturated carbocycles. The minimum atomic E-state index is -0.539. The molecule has 2 aliphatic heterocycles. The summed E-state index contributed by atoms with van der Waals surface area (Å²) in [4.78, 5) is 29.8. The number of hydrogen-bond donors (Lipinski definition) is 1. The van der Waals surface area contributed by atoms with Gasteiger partial charge in [0.15, 0.2) is 0 Å². The monoisotopic (exact) mass is 515 g/mol. The number of carbonyl (C=O) groups is 2. The molecular weight excluding hydrogens is 466 g/mol. The molecule has 0 aromatic heterocycles. The van der Waals surface area contributed by atoms with Crippen LogP contribution in [0.5, 0.6) is 0 Å². The molecular formula is C31H49NO3S. The van der Waals surface area contributed by atoms with Gasteiger partial charge in [-0.05, 0) is 87.0 Å². The second kappa shape index (κ2) is 9.52. The number of rotatable bonds is 6. The molecule has 5 fully saturated rings. The number of hydrogen-bond acceptors (Lipinski definition) is 5. The van der Waals surface area contributed by atoms with Crippen LogP contribution < -0.4 is 0 Å². The van der Waals surface area contributed by atoms with Crippen molar-refractivity contribution in [2.45, 2.75) is 115 Å². The van der Waals surface area contributed by atoms with E-state index in [1.807, 2.05) is 17.8 Å². The first kappa shape index (κ1) is 26.9. The van der Waals surface area contributed by atoms with Gasteiger partial charge in [-0.1, -0.05) is 33.8 Å². The highest BCUT2D eigenvalue weighted by molar-refractivity contribution is 8.00. The smallest absolute Gasteiger partial charge is 0.143 e.